The number of hydrogen-bond acceptors (Lipinski definition) is 4. The summed E-state index contributed by atoms with van der Waals surface area (Å²) in [6, 6.07) is 27.1. The molecule has 3 aromatic rings. The van der Waals surface area contributed by atoms with Crippen LogP contribution in [0.1, 0.15) is 15.9 Å². The maximum Gasteiger partial charge on any atom is 0.292 e. The van der Waals surface area contributed by atoms with Gasteiger partial charge in [0.05, 0.1) is 11.4 Å². The number of benzene rings is 3. The Labute approximate surface area is 179 Å². The van der Waals surface area contributed by atoms with Gasteiger partial charge in [0.15, 0.2) is 5.78 Å². The second-order valence-electron chi connectivity index (χ2n) is 6.55. The fourth-order valence-electron chi connectivity index (χ4n) is 3.05. The number of thioether (sulfide) groups is 1. The molecular formula is C24H17NO2S2. The topological polar surface area (TPSA) is 37.4 Å². The highest BCUT2D eigenvalue weighted by atomic mass is 32.2. The van der Waals surface area contributed by atoms with E-state index >= 15 is 0 Å². The summed E-state index contributed by atoms with van der Waals surface area (Å²) in [4.78, 5) is 27.6. The van der Waals surface area contributed by atoms with Crippen molar-refractivity contribution in [3.8, 4) is 11.1 Å². The van der Waals surface area contributed by atoms with E-state index in [1.807, 2.05) is 78.9 Å². The third-order valence-corrected chi connectivity index (χ3v) is 6.08. The van der Waals surface area contributed by atoms with Crippen molar-refractivity contribution in [1.82, 2.24) is 4.90 Å². The molecule has 0 spiro atoms. The maximum absolute atomic E-state index is 12.7. The van der Waals surface area contributed by atoms with Crippen LogP contribution in [-0.4, -0.2) is 27.5 Å². The molecule has 0 aliphatic carbocycles. The van der Waals surface area contributed by atoms with E-state index in [1.165, 1.54) is 4.90 Å². The van der Waals surface area contributed by atoms with Crippen molar-refractivity contribution in [1.29, 1.82) is 0 Å². The smallest absolute Gasteiger partial charge is 0.292 e. The number of hydrogen-bond donors (Lipinski definition) is 0. The zero-order valence-corrected chi connectivity index (χ0v) is 17.1. The monoisotopic (exact) mass is 415 g/mol. The van der Waals surface area contributed by atoms with Crippen LogP contribution in [0.25, 0.3) is 17.2 Å². The van der Waals surface area contributed by atoms with E-state index in [0.717, 1.165) is 28.5 Å². The van der Waals surface area contributed by atoms with Crippen molar-refractivity contribution in [2.45, 2.75) is 0 Å². The molecule has 1 amide bonds. The summed E-state index contributed by atoms with van der Waals surface area (Å²) < 4.78 is 0. The number of Topliss-reactive ketones (excluding diaryl/α,β-unsaturated/α-hetero) is 1. The highest BCUT2D eigenvalue weighted by Gasteiger charge is 2.33. The zero-order valence-electron chi connectivity index (χ0n) is 15.4. The molecule has 3 aromatic carbocycles. The maximum atomic E-state index is 12.7. The highest BCUT2D eigenvalue weighted by Crippen LogP contribution is 2.33. The van der Waals surface area contributed by atoms with Crippen molar-refractivity contribution >= 4 is 46.1 Å². The van der Waals surface area contributed by atoms with Gasteiger partial charge < -0.3 is 0 Å². The SMILES string of the molecule is O=C(CN1C(=O)S/C(=C/c2ccccc2)C1=S)c1ccc(-c2ccccc2)cc1. The third kappa shape index (κ3) is 4.36. The molecule has 1 aliphatic heterocycles. The molecule has 142 valence electrons. The first-order valence-electron chi connectivity index (χ1n) is 9.11. The van der Waals surface area contributed by atoms with E-state index in [0.29, 0.717) is 15.5 Å². The predicted molar refractivity (Wildman–Crippen MR) is 123 cm³/mol. The lowest BCUT2D eigenvalue weighted by Crippen LogP contribution is -2.32. The summed E-state index contributed by atoms with van der Waals surface area (Å²) in [6.45, 7) is -0.0541. The lowest BCUT2D eigenvalue weighted by atomic mass is 10.0. The Hall–Kier alpha value is -3.02. The van der Waals surface area contributed by atoms with E-state index in [9.17, 15) is 9.59 Å². The molecule has 0 bridgehead atoms. The normalized spacial score (nSPS) is 15.2. The van der Waals surface area contributed by atoms with E-state index in [1.54, 1.807) is 12.1 Å². The van der Waals surface area contributed by atoms with Gasteiger partial charge >= 0.3 is 0 Å². The number of rotatable bonds is 5. The molecule has 5 heteroatoms. The van der Waals surface area contributed by atoms with Gasteiger partial charge in [-0.25, -0.2) is 0 Å². The lowest BCUT2D eigenvalue weighted by molar-refractivity contribution is 0.0973. The molecular weight excluding hydrogens is 398 g/mol. The Morgan fingerprint density at radius 2 is 1.45 bits per heavy atom. The lowest BCUT2D eigenvalue weighted by Gasteiger charge is -2.14. The molecule has 4 rings (SSSR count). The van der Waals surface area contributed by atoms with Gasteiger partial charge in [-0.3, -0.25) is 14.5 Å². The molecule has 0 radical (unpaired) electrons. The molecule has 0 saturated carbocycles. The highest BCUT2D eigenvalue weighted by molar-refractivity contribution is 8.19. The van der Waals surface area contributed by atoms with Crippen LogP contribution in [0.15, 0.2) is 89.8 Å². The number of nitrogens with zero attached hydrogens (tertiary/aromatic N) is 1. The van der Waals surface area contributed by atoms with Crippen LogP contribution >= 0.6 is 24.0 Å². The van der Waals surface area contributed by atoms with Crippen LogP contribution in [0.5, 0.6) is 0 Å². The Balaban J connectivity index is 1.47. The Morgan fingerprint density at radius 3 is 2.10 bits per heavy atom. The zero-order chi connectivity index (χ0) is 20.2. The number of ketones is 1. The molecule has 0 atom stereocenters. The first-order valence-corrected chi connectivity index (χ1v) is 10.3. The summed E-state index contributed by atoms with van der Waals surface area (Å²) >= 11 is 6.52. The molecule has 3 nitrogen and oxygen atoms in total. The molecule has 0 unspecified atom stereocenters. The van der Waals surface area contributed by atoms with Gasteiger partial charge in [-0.2, -0.15) is 0 Å². The minimum Gasteiger partial charge on any atom is -0.292 e. The minimum absolute atomic E-state index is 0.0541. The fourth-order valence-corrected chi connectivity index (χ4v) is 4.29. The van der Waals surface area contributed by atoms with Crippen molar-refractivity contribution in [2.75, 3.05) is 6.54 Å². The van der Waals surface area contributed by atoms with Crippen LogP contribution in [-0.2, 0) is 0 Å². The van der Waals surface area contributed by atoms with E-state index in [2.05, 4.69) is 0 Å². The molecule has 1 saturated heterocycles. The number of carbonyl (C=O) groups is 2. The summed E-state index contributed by atoms with van der Waals surface area (Å²) in [7, 11) is 0. The standard InChI is InChI=1S/C24H17NO2S2/c26-21(20-13-11-19(12-14-20)18-9-5-2-6-10-18)16-25-23(28)22(29-24(25)27)15-17-7-3-1-4-8-17/h1-15H,16H2/b22-15+. The van der Waals surface area contributed by atoms with Gasteiger partial charge in [-0.15, -0.1) is 0 Å². The first-order chi connectivity index (χ1) is 14.1. The molecule has 29 heavy (non-hydrogen) atoms. The average Bonchev–Trinajstić information content (AvgIpc) is 3.02. The van der Waals surface area contributed by atoms with Crippen LogP contribution in [0, 0.1) is 0 Å². The number of carbonyl (C=O) groups excluding carboxylic acids is 2. The van der Waals surface area contributed by atoms with Gasteiger partial charge in [0.2, 0.25) is 0 Å². The van der Waals surface area contributed by atoms with Crippen molar-refractivity contribution in [3.05, 3.63) is 101 Å². The number of thiocarbonyl (C=S) groups is 1. The van der Waals surface area contributed by atoms with Gasteiger partial charge in [-0.05, 0) is 34.5 Å². The van der Waals surface area contributed by atoms with Crippen molar-refractivity contribution < 1.29 is 9.59 Å². The van der Waals surface area contributed by atoms with E-state index < -0.39 is 0 Å². The molecule has 0 aromatic heterocycles. The van der Waals surface area contributed by atoms with E-state index in [-0.39, 0.29) is 17.6 Å². The quantitative estimate of drug-likeness (QED) is 0.288. The largest absolute Gasteiger partial charge is 0.292 e. The van der Waals surface area contributed by atoms with Crippen molar-refractivity contribution in [2.24, 2.45) is 0 Å². The summed E-state index contributed by atoms with van der Waals surface area (Å²) in [5.74, 6) is -0.137. The minimum atomic E-state index is -0.216. The van der Waals surface area contributed by atoms with Crippen LogP contribution in [0.3, 0.4) is 0 Å². The predicted octanol–water partition coefficient (Wildman–Crippen LogP) is 6.07. The van der Waals surface area contributed by atoms with E-state index in [4.69, 9.17) is 12.2 Å². The van der Waals surface area contributed by atoms with Crippen LogP contribution < -0.4 is 0 Å². The Bertz CT molecular complexity index is 1090. The van der Waals surface area contributed by atoms with Crippen molar-refractivity contribution in [3.63, 3.8) is 0 Å². The van der Waals surface area contributed by atoms with Gasteiger partial charge in [0.25, 0.3) is 5.24 Å². The summed E-state index contributed by atoms with van der Waals surface area (Å²) in [5, 5.41) is -0.216. The third-order valence-electron chi connectivity index (χ3n) is 4.59. The van der Waals surface area contributed by atoms with Crippen LogP contribution in [0.2, 0.25) is 0 Å². The average molecular weight is 416 g/mol. The molecule has 1 aliphatic rings. The van der Waals surface area contributed by atoms with Crippen LogP contribution in [0.4, 0.5) is 4.79 Å². The Morgan fingerprint density at radius 1 is 0.862 bits per heavy atom. The van der Waals surface area contributed by atoms with Gasteiger partial charge in [0.1, 0.15) is 4.99 Å². The summed E-state index contributed by atoms with van der Waals surface area (Å²) in [5.41, 5.74) is 3.66. The molecule has 1 fully saturated rings. The number of amides is 1. The second kappa shape index (κ2) is 8.55. The fraction of sp³-hybridized carbons (Fsp3) is 0.0417. The summed E-state index contributed by atoms with van der Waals surface area (Å²) in [6.07, 6.45) is 1.88. The Kier molecular flexibility index (Phi) is 5.69. The van der Waals surface area contributed by atoms with Gasteiger partial charge in [-0.1, -0.05) is 97.1 Å². The molecule has 1 heterocycles. The first kappa shape index (κ1) is 19.3. The van der Waals surface area contributed by atoms with Gasteiger partial charge in [0, 0.05) is 5.56 Å². The molecule has 0 N–H and O–H groups in total. The second-order valence-corrected chi connectivity index (χ2v) is 7.92.